The Labute approximate surface area is 88.3 Å². The molecule has 0 saturated carbocycles. The molecule has 0 fully saturated rings. The fraction of sp³-hybridized carbons (Fsp3) is 0. The van der Waals surface area contributed by atoms with Crippen molar-refractivity contribution in [3.8, 4) is 0 Å². The molecule has 58 valence electrons. The third-order valence-electron chi connectivity index (χ3n) is 0.600. The maximum Gasteiger partial charge on any atom is 0.189 e. The summed E-state index contributed by atoms with van der Waals surface area (Å²) in [7, 11) is 0. The quantitative estimate of drug-likeness (QED) is 0.486. The largest absolute Gasteiger partial charge is 0.197 e. The molecule has 1 rings (SSSR count). The van der Waals surface area contributed by atoms with Crippen LogP contribution in [0.5, 0.6) is 0 Å². The zero-order valence-corrected chi connectivity index (χ0v) is 8.74. The summed E-state index contributed by atoms with van der Waals surface area (Å²) in [5, 5.41) is 1.00. The molecule has 0 aliphatic carbocycles. The van der Waals surface area contributed by atoms with Gasteiger partial charge in [-0.2, -0.15) is 15.0 Å². The van der Waals surface area contributed by atoms with E-state index >= 15 is 0 Å². The molecule has 1 aromatic rings. The number of hydrogen-bond acceptors (Lipinski definition) is 6. The summed E-state index contributed by atoms with van der Waals surface area (Å²) in [6.07, 6.45) is 0. The van der Waals surface area contributed by atoms with Gasteiger partial charge >= 0.3 is 0 Å². The van der Waals surface area contributed by atoms with Gasteiger partial charge in [-0.05, 0) is 0 Å². The minimum atomic E-state index is 0. The molecule has 0 saturated heterocycles. The number of rotatable bonds is 0. The average molecular weight is 284 g/mol. The van der Waals surface area contributed by atoms with Crippen LogP contribution in [0.4, 0.5) is 0 Å². The second-order valence-corrected chi connectivity index (χ2v) is 2.44. The van der Waals surface area contributed by atoms with Crippen LogP contribution in [0.3, 0.4) is 0 Å². The summed E-state index contributed by atoms with van der Waals surface area (Å²) in [5.74, 6) is 0. The van der Waals surface area contributed by atoms with Crippen LogP contribution in [0.15, 0.2) is 15.5 Å². The van der Waals surface area contributed by atoms with Crippen LogP contribution in [0.25, 0.3) is 0 Å². The topological polar surface area (TPSA) is 38.7 Å². The van der Waals surface area contributed by atoms with E-state index in [1.165, 1.54) is 0 Å². The molecule has 0 N–H and O–H groups in total. The van der Waals surface area contributed by atoms with Gasteiger partial charge in [0.2, 0.25) is 0 Å². The van der Waals surface area contributed by atoms with E-state index in [0.717, 1.165) is 0 Å². The summed E-state index contributed by atoms with van der Waals surface area (Å²) >= 11 is 11.6. The number of thiol groups is 3. The fourth-order valence-electron chi connectivity index (χ4n) is 0.343. The monoisotopic (exact) mass is 283 g/mol. The molecule has 1 heterocycles. The Morgan fingerprint density at radius 3 is 1.10 bits per heavy atom. The Morgan fingerprint density at radius 2 is 0.900 bits per heavy atom. The van der Waals surface area contributed by atoms with Gasteiger partial charge in [0.15, 0.2) is 15.5 Å². The number of nitrogens with zero attached hydrogens (tertiary/aromatic N) is 3. The van der Waals surface area contributed by atoms with Crippen molar-refractivity contribution in [2.75, 3.05) is 0 Å². The zero-order valence-electron chi connectivity index (χ0n) is 4.50. The summed E-state index contributed by atoms with van der Waals surface area (Å²) in [4.78, 5) is 11.1. The normalized spacial score (nSPS) is 8.70. The smallest absolute Gasteiger partial charge is 0.189 e. The van der Waals surface area contributed by atoms with E-state index in [-0.39, 0.29) is 20.4 Å². The summed E-state index contributed by atoms with van der Waals surface area (Å²) in [6, 6.07) is 0. The standard InChI is InChI=1S/C3H3N3S3.Pd/c7-1-4-2(8)6-3(9)5-1;/h(H3,4,5,6,7,8,9);. The Bertz CT molecular complexity index is 180. The predicted molar refractivity (Wildman–Crippen MR) is 41.6 cm³/mol. The minimum Gasteiger partial charge on any atom is -0.197 e. The molecule has 0 spiro atoms. The van der Waals surface area contributed by atoms with Crippen molar-refractivity contribution in [2.45, 2.75) is 15.5 Å². The first-order valence-corrected chi connectivity index (χ1v) is 3.35. The first-order chi connectivity index (χ1) is 4.18. The van der Waals surface area contributed by atoms with Gasteiger partial charge < -0.3 is 0 Å². The van der Waals surface area contributed by atoms with Crippen molar-refractivity contribution in [1.29, 1.82) is 0 Å². The first-order valence-electron chi connectivity index (χ1n) is 2.01. The maximum absolute atomic E-state index is 3.86. The number of hydrogen-bond donors (Lipinski definition) is 3. The SMILES string of the molecule is Sc1nc(S)nc(S)n1.[Pd]. The van der Waals surface area contributed by atoms with E-state index in [1.807, 2.05) is 0 Å². The van der Waals surface area contributed by atoms with Crippen molar-refractivity contribution in [2.24, 2.45) is 0 Å². The van der Waals surface area contributed by atoms with Gasteiger partial charge in [-0.1, -0.05) is 0 Å². The second kappa shape index (κ2) is 4.57. The van der Waals surface area contributed by atoms with Gasteiger partial charge in [-0.15, -0.1) is 37.9 Å². The van der Waals surface area contributed by atoms with Gasteiger partial charge in [0.25, 0.3) is 0 Å². The third-order valence-corrected chi connectivity index (χ3v) is 1.20. The van der Waals surface area contributed by atoms with Crippen LogP contribution in [0, 0.1) is 0 Å². The minimum absolute atomic E-state index is 0. The van der Waals surface area contributed by atoms with Crippen LogP contribution in [-0.2, 0) is 20.4 Å². The van der Waals surface area contributed by atoms with E-state index < -0.39 is 0 Å². The van der Waals surface area contributed by atoms with Crippen LogP contribution in [-0.4, -0.2) is 15.0 Å². The third kappa shape index (κ3) is 3.21. The number of aromatic nitrogens is 3. The molecule has 10 heavy (non-hydrogen) atoms. The van der Waals surface area contributed by atoms with Crippen LogP contribution >= 0.6 is 37.9 Å². The molecule has 0 aromatic carbocycles. The summed E-state index contributed by atoms with van der Waals surface area (Å²) in [5.41, 5.74) is 0. The molecular formula is C3H3N3PdS3. The van der Waals surface area contributed by atoms with Crippen molar-refractivity contribution >= 4 is 37.9 Å². The van der Waals surface area contributed by atoms with Crippen LogP contribution in [0.1, 0.15) is 0 Å². The molecule has 1 aromatic heterocycles. The molecular weight excluding hydrogens is 281 g/mol. The molecule has 3 nitrogen and oxygen atoms in total. The Balaban J connectivity index is 0.000000810. The van der Waals surface area contributed by atoms with Gasteiger partial charge in [0.1, 0.15) is 0 Å². The van der Waals surface area contributed by atoms with Crippen molar-refractivity contribution in [3.63, 3.8) is 0 Å². The summed E-state index contributed by atoms with van der Waals surface area (Å²) in [6.45, 7) is 0. The predicted octanol–water partition coefficient (Wildman–Crippen LogP) is 0.735. The molecule has 0 bridgehead atoms. The van der Waals surface area contributed by atoms with Gasteiger partial charge in [-0.25, -0.2) is 0 Å². The second-order valence-electron chi connectivity index (χ2n) is 1.24. The van der Waals surface area contributed by atoms with Gasteiger partial charge in [0.05, 0.1) is 0 Å². The summed E-state index contributed by atoms with van der Waals surface area (Å²) < 4.78 is 0. The molecule has 0 amide bonds. The molecule has 0 aliphatic rings. The fourth-order valence-corrected chi connectivity index (χ4v) is 1.15. The van der Waals surface area contributed by atoms with Crippen LogP contribution in [0.2, 0.25) is 0 Å². The molecule has 7 heteroatoms. The maximum atomic E-state index is 3.86. The Kier molecular flexibility index (Phi) is 4.90. The van der Waals surface area contributed by atoms with Crippen molar-refractivity contribution in [1.82, 2.24) is 15.0 Å². The van der Waals surface area contributed by atoms with E-state index in [2.05, 4.69) is 52.8 Å². The van der Waals surface area contributed by atoms with E-state index in [4.69, 9.17) is 0 Å². The van der Waals surface area contributed by atoms with Crippen molar-refractivity contribution in [3.05, 3.63) is 0 Å². The molecule has 0 unspecified atom stereocenters. The van der Waals surface area contributed by atoms with E-state index in [1.54, 1.807) is 0 Å². The van der Waals surface area contributed by atoms with E-state index in [0.29, 0.717) is 15.5 Å². The first kappa shape index (κ1) is 10.7. The van der Waals surface area contributed by atoms with Gasteiger partial charge in [-0.3, -0.25) is 0 Å². The average Bonchev–Trinajstić information content (AvgIpc) is 1.59. The zero-order chi connectivity index (χ0) is 6.85. The van der Waals surface area contributed by atoms with Gasteiger partial charge in [0, 0.05) is 20.4 Å². The van der Waals surface area contributed by atoms with Crippen molar-refractivity contribution < 1.29 is 20.4 Å². The molecule has 0 radical (unpaired) electrons. The molecule has 0 aliphatic heterocycles. The van der Waals surface area contributed by atoms with E-state index in [9.17, 15) is 0 Å². The Hall–Kier alpha value is 0.722. The molecule has 0 atom stereocenters. The Morgan fingerprint density at radius 1 is 0.700 bits per heavy atom. The van der Waals surface area contributed by atoms with Crippen LogP contribution < -0.4 is 0 Å².